The zero-order valence-corrected chi connectivity index (χ0v) is 16.4. The maximum atomic E-state index is 13.0. The summed E-state index contributed by atoms with van der Waals surface area (Å²) in [5.74, 6) is 1.15. The van der Waals surface area contributed by atoms with Gasteiger partial charge < -0.3 is 9.47 Å². The molecule has 4 rings (SSSR count). The van der Waals surface area contributed by atoms with Gasteiger partial charge in [-0.05, 0) is 47.9 Å². The number of aromatic nitrogens is 2. The fourth-order valence-electron chi connectivity index (χ4n) is 3.24. The molecule has 1 aromatic carbocycles. The van der Waals surface area contributed by atoms with Crippen molar-refractivity contribution >= 4 is 17.2 Å². The van der Waals surface area contributed by atoms with E-state index in [0.29, 0.717) is 35.3 Å². The van der Waals surface area contributed by atoms with E-state index in [9.17, 15) is 18.0 Å². The number of alkyl halides is 3. The summed E-state index contributed by atoms with van der Waals surface area (Å²) < 4.78 is 40.8. The van der Waals surface area contributed by atoms with Gasteiger partial charge in [0.15, 0.2) is 0 Å². The standard InChI is InChI=1S/C21H20F3N3OS/c22-21(23,24)17-4-1-3-16(11-17)13-26-9-8-25-19(26)14-27(12-15-6-7-15)20(28)18-5-2-10-29-18/h1-5,8-11,15H,6-7,12-14H2. The summed E-state index contributed by atoms with van der Waals surface area (Å²) in [7, 11) is 0. The van der Waals surface area contributed by atoms with Crippen molar-refractivity contribution in [2.24, 2.45) is 5.92 Å². The molecule has 0 saturated heterocycles. The molecule has 1 saturated carbocycles. The molecule has 4 nitrogen and oxygen atoms in total. The van der Waals surface area contributed by atoms with Crippen LogP contribution in [0, 0.1) is 5.92 Å². The van der Waals surface area contributed by atoms with Crippen LogP contribution in [0.3, 0.4) is 0 Å². The lowest BCUT2D eigenvalue weighted by Crippen LogP contribution is -2.33. The first-order chi connectivity index (χ1) is 13.9. The summed E-state index contributed by atoms with van der Waals surface area (Å²) in [6.45, 7) is 1.27. The lowest BCUT2D eigenvalue weighted by Gasteiger charge is -2.22. The quantitative estimate of drug-likeness (QED) is 0.537. The number of halogens is 3. The van der Waals surface area contributed by atoms with Crippen LogP contribution in [0.15, 0.2) is 54.2 Å². The summed E-state index contributed by atoms with van der Waals surface area (Å²) in [4.78, 5) is 19.7. The minimum Gasteiger partial charge on any atom is -0.330 e. The van der Waals surface area contributed by atoms with Crippen molar-refractivity contribution in [2.45, 2.75) is 32.1 Å². The SMILES string of the molecule is O=C(c1cccs1)N(Cc1nccn1Cc1cccc(C(F)(F)F)c1)CC1CC1. The van der Waals surface area contributed by atoms with E-state index >= 15 is 0 Å². The van der Waals surface area contributed by atoms with Crippen molar-refractivity contribution in [2.75, 3.05) is 6.54 Å². The van der Waals surface area contributed by atoms with Crippen LogP contribution in [-0.4, -0.2) is 26.9 Å². The van der Waals surface area contributed by atoms with Gasteiger partial charge in [0.2, 0.25) is 0 Å². The normalized spacial score (nSPS) is 14.2. The number of amides is 1. The molecule has 0 unspecified atom stereocenters. The van der Waals surface area contributed by atoms with Crippen LogP contribution in [0.5, 0.6) is 0 Å². The molecule has 1 fully saturated rings. The molecule has 0 spiro atoms. The van der Waals surface area contributed by atoms with E-state index in [4.69, 9.17) is 0 Å². The second kappa shape index (κ2) is 8.02. The van der Waals surface area contributed by atoms with Crippen molar-refractivity contribution in [3.05, 3.63) is 76.0 Å². The van der Waals surface area contributed by atoms with Gasteiger partial charge in [0.25, 0.3) is 5.91 Å². The number of rotatable bonds is 7. The molecular formula is C21H20F3N3OS. The minimum absolute atomic E-state index is 0.0273. The van der Waals surface area contributed by atoms with Gasteiger partial charge in [0.05, 0.1) is 17.0 Å². The predicted molar refractivity (Wildman–Crippen MR) is 105 cm³/mol. The molecule has 1 aliphatic rings. The highest BCUT2D eigenvalue weighted by Gasteiger charge is 2.31. The fourth-order valence-corrected chi connectivity index (χ4v) is 3.93. The number of hydrogen-bond donors (Lipinski definition) is 0. The van der Waals surface area contributed by atoms with E-state index in [1.807, 2.05) is 17.5 Å². The van der Waals surface area contributed by atoms with Crippen LogP contribution in [0.4, 0.5) is 13.2 Å². The maximum Gasteiger partial charge on any atom is 0.416 e. The largest absolute Gasteiger partial charge is 0.416 e. The Labute approximate surface area is 170 Å². The van der Waals surface area contributed by atoms with Crippen molar-refractivity contribution in [3.63, 3.8) is 0 Å². The molecule has 3 aromatic rings. The second-order valence-corrected chi connectivity index (χ2v) is 8.22. The minimum atomic E-state index is -4.37. The molecule has 2 heterocycles. The summed E-state index contributed by atoms with van der Waals surface area (Å²) in [5, 5.41) is 1.87. The van der Waals surface area contributed by atoms with Gasteiger partial charge in [-0.15, -0.1) is 11.3 Å². The zero-order valence-electron chi connectivity index (χ0n) is 15.6. The average molecular weight is 419 g/mol. The number of carbonyl (C=O) groups excluding carboxylic acids is 1. The average Bonchev–Trinajstić information content (AvgIpc) is 3.15. The summed E-state index contributed by atoms with van der Waals surface area (Å²) in [6.07, 6.45) is 1.22. The molecular weight excluding hydrogens is 399 g/mol. The summed E-state index contributed by atoms with van der Waals surface area (Å²) in [5.41, 5.74) is -0.128. The van der Waals surface area contributed by atoms with Gasteiger partial charge >= 0.3 is 6.18 Å². The van der Waals surface area contributed by atoms with Gasteiger partial charge in [-0.3, -0.25) is 4.79 Å². The summed E-state index contributed by atoms with van der Waals surface area (Å²) >= 11 is 1.41. The first-order valence-electron chi connectivity index (χ1n) is 9.39. The Morgan fingerprint density at radius 3 is 2.76 bits per heavy atom. The number of nitrogens with zero attached hydrogens (tertiary/aromatic N) is 3. The third-order valence-corrected chi connectivity index (χ3v) is 5.79. The van der Waals surface area contributed by atoms with E-state index in [-0.39, 0.29) is 12.5 Å². The van der Waals surface area contributed by atoms with Crippen LogP contribution in [-0.2, 0) is 19.3 Å². The monoisotopic (exact) mass is 419 g/mol. The topological polar surface area (TPSA) is 38.1 Å². The zero-order chi connectivity index (χ0) is 20.4. The number of carbonyl (C=O) groups is 1. The second-order valence-electron chi connectivity index (χ2n) is 7.28. The van der Waals surface area contributed by atoms with Gasteiger partial charge in [-0.2, -0.15) is 13.2 Å². The highest BCUT2D eigenvalue weighted by Crippen LogP contribution is 2.31. The van der Waals surface area contributed by atoms with Gasteiger partial charge in [0.1, 0.15) is 5.82 Å². The molecule has 2 aromatic heterocycles. The van der Waals surface area contributed by atoms with E-state index in [0.717, 1.165) is 25.0 Å². The van der Waals surface area contributed by atoms with Gasteiger partial charge in [0, 0.05) is 25.5 Å². The molecule has 0 bridgehead atoms. The molecule has 1 amide bonds. The first-order valence-corrected chi connectivity index (χ1v) is 10.3. The molecule has 0 aliphatic heterocycles. The van der Waals surface area contributed by atoms with Crippen molar-refractivity contribution in [1.82, 2.24) is 14.5 Å². The Bertz CT molecular complexity index is 977. The molecule has 1 aliphatic carbocycles. The number of benzene rings is 1. The number of imidazole rings is 1. The van der Waals surface area contributed by atoms with E-state index in [1.54, 1.807) is 27.9 Å². The van der Waals surface area contributed by atoms with Crippen LogP contribution in [0.2, 0.25) is 0 Å². The molecule has 0 radical (unpaired) electrons. The van der Waals surface area contributed by atoms with E-state index < -0.39 is 11.7 Å². The molecule has 0 atom stereocenters. The van der Waals surface area contributed by atoms with Crippen LogP contribution < -0.4 is 0 Å². The van der Waals surface area contributed by atoms with E-state index in [1.165, 1.54) is 17.4 Å². The third-order valence-electron chi connectivity index (χ3n) is 4.94. The van der Waals surface area contributed by atoms with Crippen molar-refractivity contribution in [3.8, 4) is 0 Å². The Morgan fingerprint density at radius 1 is 1.24 bits per heavy atom. The lowest BCUT2D eigenvalue weighted by atomic mass is 10.1. The Balaban J connectivity index is 1.52. The molecule has 29 heavy (non-hydrogen) atoms. The van der Waals surface area contributed by atoms with E-state index in [2.05, 4.69) is 4.98 Å². The van der Waals surface area contributed by atoms with Gasteiger partial charge in [-0.25, -0.2) is 4.98 Å². The Kier molecular flexibility index (Phi) is 5.45. The predicted octanol–water partition coefficient (Wildman–Crippen LogP) is 5.06. The smallest absolute Gasteiger partial charge is 0.330 e. The van der Waals surface area contributed by atoms with Gasteiger partial charge in [-0.1, -0.05) is 18.2 Å². The Morgan fingerprint density at radius 2 is 2.07 bits per heavy atom. The van der Waals surface area contributed by atoms with Crippen LogP contribution >= 0.6 is 11.3 Å². The lowest BCUT2D eigenvalue weighted by molar-refractivity contribution is -0.137. The number of thiophene rings is 1. The first kappa shape index (κ1) is 19.7. The van der Waals surface area contributed by atoms with Crippen molar-refractivity contribution in [1.29, 1.82) is 0 Å². The molecule has 0 N–H and O–H groups in total. The Hall–Kier alpha value is -2.61. The fraction of sp³-hybridized carbons (Fsp3) is 0.333. The molecule has 8 heteroatoms. The third kappa shape index (κ3) is 4.87. The molecule has 152 valence electrons. The maximum absolute atomic E-state index is 13.0. The van der Waals surface area contributed by atoms with Crippen molar-refractivity contribution < 1.29 is 18.0 Å². The number of hydrogen-bond acceptors (Lipinski definition) is 3. The van der Waals surface area contributed by atoms with Crippen LogP contribution in [0.1, 0.15) is 39.5 Å². The van der Waals surface area contributed by atoms with Crippen LogP contribution in [0.25, 0.3) is 0 Å². The summed E-state index contributed by atoms with van der Waals surface area (Å²) in [6, 6.07) is 8.95. The highest BCUT2D eigenvalue weighted by atomic mass is 32.1. The highest BCUT2D eigenvalue weighted by molar-refractivity contribution is 7.12.